The Hall–Kier alpha value is -1.11. The van der Waals surface area contributed by atoms with Gasteiger partial charge in [-0.1, -0.05) is 6.92 Å². The molecule has 0 bridgehead atoms. The smallest absolute Gasteiger partial charge is 0.240 e. The molecule has 17 heavy (non-hydrogen) atoms. The molecule has 0 heterocycles. The van der Waals surface area contributed by atoms with Crippen molar-refractivity contribution in [3.8, 4) is 0 Å². The summed E-state index contributed by atoms with van der Waals surface area (Å²) >= 11 is 0. The number of sulfonamides is 1. The summed E-state index contributed by atoms with van der Waals surface area (Å²) in [6, 6.07) is 7.25. The molecule has 2 rings (SSSR count). The van der Waals surface area contributed by atoms with E-state index >= 15 is 0 Å². The minimum atomic E-state index is -3.35. The summed E-state index contributed by atoms with van der Waals surface area (Å²) in [4.78, 5) is 0.282. The zero-order valence-electron chi connectivity index (χ0n) is 9.68. The van der Waals surface area contributed by atoms with Crippen molar-refractivity contribution in [2.24, 2.45) is 5.73 Å². The fraction of sp³-hybridized carbons (Fsp3) is 0.455. The largest absolute Gasteiger partial charge is 0.381 e. The molecular formula is C11H17N3O2S. The maximum atomic E-state index is 11.7. The second-order valence-corrected chi connectivity index (χ2v) is 5.94. The number of benzene rings is 1. The first-order valence-electron chi connectivity index (χ1n) is 5.65. The molecule has 0 spiro atoms. The first-order chi connectivity index (χ1) is 8.03. The van der Waals surface area contributed by atoms with Gasteiger partial charge in [-0.3, -0.25) is 0 Å². The minimum Gasteiger partial charge on any atom is -0.381 e. The van der Waals surface area contributed by atoms with Crippen LogP contribution in [0.3, 0.4) is 0 Å². The second kappa shape index (κ2) is 4.64. The summed E-state index contributed by atoms with van der Waals surface area (Å²) < 4.78 is 25.8. The van der Waals surface area contributed by atoms with Gasteiger partial charge in [-0.05, 0) is 30.7 Å². The third-order valence-electron chi connectivity index (χ3n) is 2.69. The Labute approximate surface area is 101 Å². The maximum Gasteiger partial charge on any atom is 0.240 e. The molecule has 94 valence electrons. The van der Waals surface area contributed by atoms with E-state index in [0.717, 1.165) is 12.1 Å². The predicted molar refractivity (Wildman–Crippen MR) is 67.3 cm³/mol. The number of nitrogens with one attached hydrogen (secondary N) is 2. The average molecular weight is 255 g/mol. The summed E-state index contributed by atoms with van der Waals surface area (Å²) in [5, 5.41) is 3.24. The van der Waals surface area contributed by atoms with Gasteiger partial charge in [0.1, 0.15) is 0 Å². The predicted octanol–water partition coefficient (Wildman–Crippen LogP) is 0.496. The third kappa shape index (κ3) is 2.96. The van der Waals surface area contributed by atoms with E-state index in [0.29, 0.717) is 12.6 Å². The fourth-order valence-electron chi connectivity index (χ4n) is 1.60. The molecule has 1 saturated carbocycles. The van der Waals surface area contributed by atoms with Crippen molar-refractivity contribution in [3.63, 3.8) is 0 Å². The van der Waals surface area contributed by atoms with E-state index in [-0.39, 0.29) is 10.9 Å². The van der Waals surface area contributed by atoms with Crippen LogP contribution in [0.4, 0.5) is 5.69 Å². The number of hydrogen-bond donors (Lipinski definition) is 3. The van der Waals surface area contributed by atoms with Crippen LogP contribution >= 0.6 is 0 Å². The molecule has 2 unspecified atom stereocenters. The van der Waals surface area contributed by atoms with Crippen molar-refractivity contribution < 1.29 is 8.42 Å². The minimum absolute atomic E-state index is 0.222. The van der Waals surface area contributed by atoms with Crippen LogP contribution in [-0.4, -0.2) is 27.0 Å². The van der Waals surface area contributed by atoms with Crippen molar-refractivity contribution in [2.75, 3.05) is 11.9 Å². The van der Waals surface area contributed by atoms with Gasteiger partial charge in [0, 0.05) is 24.3 Å². The van der Waals surface area contributed by atoms with Crippen molar-refractivity contribution in [3.05, 3.63) is 24.3 Å². The lowest BCUT2D eigenvalue weighted by Crippen LogP contribution is -2.23. The molecule has 1 aromatic rings. The summed E-state index contributed by atoms with van der Waals surface area (Å²) in [7, 11) is -3.35. The highest BCUT2D eigenvalue weighted by molar-refractivity contribution is 7.89. The monoisotopic (exact) mass is 255 g/mol. The lowest BCUT2D eigenvalue weighted by Gasteiger charge is -2.07. The highest BCUT2D eigenvalue weighted by atomic mass is 32.2. The van der Waals surface area contributed by atoms with Crippen LogP contribution in [0.15, 0.2) is 29.2 Å². The Morgan fingerprint density at radius 2 is 1.94 bits per heavy atom. The first kappa shape index (κ1) is 12.3. The summed E-state index contributed by atoms with van der Waals surface area (Å²) in [5.41, 5.74) is 6.59. The molecular weight excluding hydrogens is 238 g/mol. The van der Waals surface area contributed by atoms with E-state index < -0.39 is 10.0 Å². The molecule has 0 saturated heterocycles. The van der Waals surface area contributed by atoms with E-state index in [1.54, 1.807) is 31.2 Å². The van der Waals surface area contributed by atoms with Crippen LogP contribution in [-0.2, 0) is 10.0 Å². The molecule has 2 atom stereocenters. The fourth-order valence-corrected chi connectivity index (χ4v) is 2.64. The molecule has 1 aliphatic rings. The first-order valence-corrected chi connectivity index (χ1v) is 7.13. The number of anilines is 1. The standard InChI is InChI=1S/C11H17N3O2S/c1-2-13-17(15,16)9-5-3-8(4-6-9)14-11-7-10(11)12/h3-6,10-11,13-14H,2,7,12H2,1H3. The van der Waals surface area contributed by atoms with Gasteiger partial charge in [0.25, 0.3) is 0 Å². The zero-order chi connectivity index (χ0) is 12.5. The molecule has 0 aliphatic heterocycles. The Balaban J connectivity index is 2.07. The quantitative estimate of drug-likeness (QED) is 0.715. The Kier molecular flexibility index (Phi) is 3.37. The van der Waals surface area contributed by atoms with Gasteiger partial charge in [-0.2, -0.15) is 0 Å². The second-order valence-electron chi connectivity index (χ2n) is 4.18. The van der Waals surface area contributed by atoms with Crippen molar-refractivity contribution in [1.29, 1.82) is 0 Å². The SMILES string of the molecule is CCNS(=O)(=O)c1ccc(NC2CC2N)cc1. The van der Waals surface area contributed by atoms with Gasteiger partial charge in [-0.15, -0.1) is 0 Å². The lowest BCUT2D eigenvalue weighted by atomic mass is 10.3. The summed E-state index contributed by atoms with van der Waals surface area (Å²) in [6.07, 6.45) is 0.970. The Morgan fingerprint density at radius 3 is 2.41 bits per heavy atom. The molecule has 0 amide bonds. The van der Waals surface area contributed by atoms with Gasteiger partial charge < -0.3 is 11.1 Å². The van der Waals surface area contributed by atoms with Crippen LogP contribution in [0, 0.1) is 0 Å². The van der Waals surface area contributed by atoms with E-state index in [1.165, 1.54) is 0 Å². The molecule has 1 aliphatic carbocycles. The summed E-state index contributed by atoms with van der Waals surface area (Å²) in [5.74, 6) is 0. The van der Waals surface area contributed by atoms with Gasteiger partial charge in [0.05, 0.1) is 4.90 Å². The molecule has 1 fully saturated rings. The normalized spacial score (nSPS) is 23.4. The molecule has 0 aromatic heterocycles. The van der Waals surface area contributed by atoms with Crippen LogP contribution < -0.4 is 15.8 Å². The van der Waals surface area contributed by atoms with Crippen LogP contribution in [0.1, 0.15) is 13.3 Å². The number of hydrogen-bond acceptors (Lipinski definition) is 4. The van der Waals surface area contributed by atoms with Crippen LogP contribution in [0.5, 0.6) is 0 Å². The third-order valence-corrected chi connectivity index (χ3v) is 4.25. The van der Waals surface area contributed by atoms with E-state index in [4.69, 9.17) is 5.73 Å². The maximum absolute atomic E-state index is 11.7. The van der Waals surface area contributed by atoms with Crippen LogP contribution in [0.2, 0.25) is 0 Å². The zero-order valence-corrected chi connectivity index (χ0v) is 10.5. The van der Waals surface area contributed by atoms with Crippen molar-refractivity contribution in [1.82, 2.24) is 4.72 Å². The summed E-state index contributed by atoms with van der Waals surface area (Å²) in [6.45, 7) is 2.14. The van der Waals surface area contributed by atoms with E-state index in [2.05, 4.69) is 10.0 Å². The van der Waals surface area contributed by atoms with Gasteiger partial charge in [-0.25, -0.2) is 13.1 Å². The molecule has 5 nitrogen and oxygen atoms in total. The van der Waals surface area contributed by atoms with E-state index in [1.807, 2.05) is 0 Å². The lowest BCUT2D eigenvalue weighted by molar-refractivity contribution is 0.584. The molecule has 6 heteroatoms. The van der Waals surface area contributed by atoms with Crippen LogP contribution in [0.25, 0.3) is 0 Å². The van der Waals surface area contributed by atoms with Crippen molar-refractivity contribution >= 4 is 15.7 Å². The molecule has 1 aromatic carbocycles. The van der Waals surface area contributed by atoms with Gasteiger partial charge in [0.2, 0.25) is 10.0 Å². The highest BCUT2D eigenvalue weighted by Crippen LogP contribution is 2.24. The van der Waals surface area contributed by atoms with Gasteiger partial charge in [0.15, 0.2) is 0 Å². The molecule has 4 N–H and O–H groups in total. The topological polar surface area (TPSA) is 84.2 Å². The average Bonchev–Trinajstić information content (AvgIpc) is 2.95. The number of rotatable bonds is 5. The van der Waals surface area contributed by atoms with Crippen molar-refractivity contribution in [2.45, 2.75) is 30.3 Å². The van der Waals surface area contributed by atoms with E-state index in [9.17, 15) is 8.42 Å². The molecule has 0 radical (unpaired) electrons. The highest BCUT2D eigenvalue weighted by Gasteiger charge is 2.33. The number of nitrogens with two attached hydrogens (primary N) is 1. The van der Waals surface area contributed by atoms with Gasteiger partial charge >= 0.3 is 0 Å². The Morgan fingerprint density at radius 1 is 1.35 bits per heavy atom. The Bertz CT molecular complexity index is 484.